The molecule has 0 aliphatic rings. The van der Waals surface area contributed by atoms with Crippen LogP contribution in [0.2, 0.25) is 0 Å². The molecule has 0 aliphatic heterocycles. The molecule has 0 spiro atoms. The Labute approximate surface area is 179 Å². The van der Waals surface area contributed by atoms with E-state index in [-0.39, 0.29) is 26.2 Å². The summed E-state index contributed by atoms with van der Waals surface area (Å²) in [7, 11) is 0. The van der Waals surface area contributed by atoms with Crippen LogP contribution < -0.4 is 0 Å². The molecular formula is C23H23O3Zr-. The third kappa shape index (κ3) is 15.3. The summed E-state index contributed by atoms with van der Waals surface area (Å²) >= 11 is 0. The summed E-state index contributed by atoms with van der Waals surface area (Å²) < 4.78 is 0. The first-order valence-electron chi connectivity index (χ1n) is 8.07. The summed E-state index contributed by atoms with van der Waals surface area (Å²) in [5.74, 6) is 0.965. The molecule has 0 amide bonds. The fourth-order valence-electron chi connectivity index (χ4n) is 1.60. The van der Waals surface area contributed by atoms with Crippen molar-refractivity contribution in [2.75, 3.05) is 0 Å². The number of phenolic OH excluding ortho intramolecular Hbond substituents is 3. The second-order valence-electron chi connectivity index (χ2n) is 4.97. The average Bonchev–Trinajstić information content (AvgIpc) is 3.25. The van der Waals surface area contributed by atoms with Gasteiger partial charge in [-0.2, -0.15) is 18.2 Å². The monoisotopic (exact) mass is 437 g/mol. The van der Waals surface area contributed by atoms with Gasteiger partial charge in [0.05, 0.1) is 0 Å². The third-order valence-electron chi connectivity index (χ3n) is 2.82. The molecule has 0 fully saturated rings. The molecule has 27 heavy (non-hydrogen) atoms. The van der Waals surface area contributed by atoms with E-state index in [0.717, 1.165) is 0 Å². The molecule has 0 saturated carbocycles. The zero-order valence-electron chi connectivity index (χ0n) is 14.9. The molecule has 0 heterocycles. The Balaban J connectivity index is 0.000000332. The molecule has 3 N–H and O–H groups in total. The van der Waals surface area contributed by atoms with Crippen LogP contribution in [0, 0.1) is 0 Å². The van der Waals surface area contributed by atoms with E-state index in [1.807, 2.05) is 48.5 Å². The molecule has 4 rings (SSSR count). The van der Waals surface area contributed by atoms with E-state index >= 15 is 0 Å². The topological polar surface area (TPSA) is 60.7 Å². The van der Waals surface area contributed by atoms with Crippen molar-refractivity contribution in [2.45, 2.75) is 0 Å². The summed E-state index contributed by atoms with van der Waals surface area (Å²) in [6.45, 7) is 0. The first-order valence-corrected chi connectivity index (χ1v) is 8.07. The zero-order chi connectivity index (χ0) is 18.9. The van der Waals surface area contributed by atoms with Crippen molar-refractivity contribution in [3.63, 3.8) is 0 Å². The van der Waals surface area contributed by atoms with Gasteiger partial charge < -0.3 is 15.3 Å². The summed E-state index contributed by atoms with van der Waals surface area (Å²) in [5, 5.41) is 25.9. The Kier molecular flexibility index (Phi) is 15.1. The number of rotatable bonds is 0. The molecule has 3 nitrogen and oxygen atoms in total. The van der Waals surface area contributed by atoms with E-state index < -0.39 is 0 Å². The van der Waals surface area contributed by atoms with E-state index in [1.54, 1.807) is 72.8 Å². The summed E-state index contributed by atoms with van der Waals surface area (Å²) in [6, 6.07) is 36.1. The van der Waals surface area contributed by atoms with Crippen molar-refractivity contribution < 1.29 is 41.5 Å². The number of hydrogen-bond acceptors (Lipinski definition) is 3. The number of hydrogen-bond donors (Lipinski definition) is 3. The second-order valence-corrected chi connectivity index (χ2v) is 4.97. The van der Waals surface area contributed by atoms with E-state index in [2.05, 4.69) is 0 Å². The molecule has 0 saturated heterocycles. The quantitative estimate of drug-likeness (QED) is 0.314. The van der Waals surface area contributed by atoms with Crippen molar-refractivity contribution in [2.24, 2.45) is 0 Å². The van der Waals surface area contributed by atoms with Gasteiger partial charge in [0.25, 0.3) is 0 Å². The molecule has 138 valence electrons. The van der Waals surface area contributed by atoms with Gasteiger partial charge in [-0.05, 0) is 36.4 Å². The van der Waals surface area contributed by atoms with Crippen molar-refractivity contribution in [1.82, 2.24) is 0 Å². The minimum Gasteiger partial charge on any atom is -0.508 e. The molecule has 4 heteroatoms. The number of phenols is 3. The van der Waals surface area contributed by atoms with Gasteiger partial charge in [-0.3, -0.25) is 0 Å². The third-order valence-corrected chi connectivity index (χ3v) is 2.82. The van der Waals surface area contributed by atoms with Crippen molar-refractivity contribution in [3.8, 4) is 17.2 Å². The predicted molar refractivity (Wildman–Crippen MR) is 106 cm³/mol. The van der Waals surface area contributed by atoms with Crippen molar-refractivity contribution in [1.29, 1.82) is 0 Å². The largest absolute Gasteiger partial charge is 0.508 e. The number of benzene rings is 3. The first kappa shape index (κ1) is 24.3. The maximum Gasteiger partial charge on any atom is 0.115 e. The summed E-state index contributed by atoms with van der Waals surface area (Å²) in [6.07, 6.45) is 0. The maximum atomic E-state index is 8.63. The maximum absolute atomic E-state index is 8.63. The molecule has 0 aromatic heterocycles. The fraction of sp³-hybridized carbons (Fsp3) is 0. The van der Waals surface area contributed by atoms with Crippen LogP contribution in [0.1, 0.15) is 0 Å². The molecule has 0 unspecified atom stereocenters. The van der Waals surface area contributed by atoms with E-state index in [1.165, 1.54) is 0 Å². The number of aromatic hydroxyl groups is 3. The van der Waals surface area contributed by atoms with E-state index in [9.17, 15) is 0 Å². The Morgan fingerprint density at radius 2 is 0.667 bits per heavy atom. The van der Waals surface area contributed by atoms with Gasteiger partial charge in [-0.1, -0.05) is 54.6 Å². The van der Waals surface area contributed by atoms with Gasteiger partial charge in [-0.15, -0.1) is 0 Å². The van der Waals surface area contributed by atoms with Gasteiger partial charge in [0.2, 0.25) is 0 Å². The van der Waals surface area contributed by atoms with Gasteiger partial charge in [0, 0.05) is 26.2 Å². The van der Waals surface area contributed by atoms with Crippen LogP contribution in [0.15, 0.2) is 121 Å². The van der Waals surface area contributed by atoms with Crippen molar-refractivity contribution in [3.05, 3.63) is 121 Å². The Morgan fingerprint density at radius 1 is 0.407 bits per heavy atom. The fourth-order valence-corrected chi connectivity index (χ4v) is 1.60. The van der Waals surface area contributed by atoms with Gasteiger partial charge in [-0.25, -0.2) is 12.1 Å². The second kappa shape index (κ2) is 16.7. The summed E-state index contributed by atoms with van der Waals surface area (Å²) in [4.78, 5) is 0. The molecule has 4 aromatic carbocycles. The molecule has 0 aliphatic carbocycles. The summed E-state index contributed by atoms with van der Waals surface area (Å²) in [5.41, 5.74) is 0. The van der Waals surface area contributed by atoms with Gasteiger partial charge >= 0.3 is 0 Å². The standard InChI is InChI=1S/3C6H6O.C5H5.Zr/c3*7-6-4-2-1-3-5-6;1-2-4-5-3-1;/h3*1-5,7H;1-5H;/q;;;-1;. The van der Waals surface area contributed by atoms with Crippen LogP contribution in [0.4, 0.5) is 0 Å². The van der Waals surface area contributed by atoms with Crippen LogP contribution in [0.25, 0.3) is 0 Å². The zero-order valence-corrected chi connectivity index (χ0v) is 17.3. The first-order chi connectivity index (χ1) is 12.7. The molecule has 4 aromatic rings. The smallest absolute Gasteiger partial charge is 0.115 e. The van der Waals surface area contributed by atoms with E-state index in [4.69, 9.17) is 15.3 Å². The van der Waals surface area contributed by atoms with Crippen LogP contribution in [0.5, 0.6) is 17.2 Å². The average molecular weight is 439 g/mol. The predicted octanol–water partition coefficient (Wildman–Crippen LogP) is 5.58. The number of para-hydroxylation sites is 3. The molecule has 0 radical (unpaired) electrons. The van der Waals surface area contributed by atoms with Crippen molar-refractivity contribution >= 4 is 0 Å². The molecule has 0 bridgehead atoms. The normalized spacial score (nSPS) is 8.15. The molecular weight excluding hydrogens is 415 g/mol. The van der Waals surface area contributed by atoms with Gasteiger partial charge in [0.15, 0.2) is 0 Å². The molecule has 0 atom stereocenters. The SMILES string of the molecule is Oc1ccccc1.Oc1ccccc1.Oc1ccccc1.[Zr].c1cc[cH-]c1. The minimum absolute atomic E-state index is 0. The van der Waals surface area contributed by atoms with Crippen LogP contribution in [0.3, 0.4) is 0 Å². The Bertz CT molecular complexity index is 652. The van der Waals surface area contributed by atoms with Crippen LogP contribution >= 0.6 is 0 Å². The van der Waals surface area contributed by atoms with Gasteiger partial charge in [0.1, 0.15) is 17.2 Å². The Morgan fingerprint density at radius 3 is 0.778 bits per heavy atom. The van der Waals surface area contributed by atoms with Crippen LogP contribution in [-0.2, 0) is 26.2 Å². The Hall–Kier alpha value is -2.71. The van der Waals surface area contributed by atoms with Crippen LogP contribution in [-0.4, -0.2) is 15.3 Å². The van der Waals surface area contributed by atoms with E-state index in [0.29, 0.717) is 17.2 Å². The minimum atomic E-state index is 0.